The Morgan fingerprint density at radius 2 is 0.714 bits per heavy atom. The van der Waals surface area contributed by atoms with Crippen molar-refractivity contribution in [2.24, 2.45) is 5.41 Å². The summed E-state index contributed by atoms with van der Waals surface area (Å²) in [5.74, 6) is 0. The molecule has 0 aliphatic heterocycles. The van der Waals surface area contributed by atoms with Crippen LogP contribution in [0.4, 0.5) is 0 Å². The van der Waals surface area contributed by atoms with E-state index >= 15 is 0 Å². The first-order chi connectivity index (χ1) is 19.2. The number of aliphatic hydroxyl groups excluding tert-OH is 2. The molecule has 0 atom stereocenters. The molecule has 6 N–H and O–H groups in total. The largest absolute Gasteiger partial charge is 0.394 e. The molecule has 0 spiro atoms. The molecular formula is C25H56NaO14S2. The average Bonchev–Trinajstić information content (AvgIpc) is 2.85. The second-order valence-corrected chi connectivity index (χ2v) is 11.4. The Bertz CT molecular complexity index is 661. The van der Waals surface area contributed by atoms with Crippen molar-refractivity contribution in [2.45, 2.75) is 90.9 Å². The molecule has 0 aromatic carbocycles. The van der Waals surface area contributed by atoms with Gasteiger partial charge in [0.2, 0.25) is 0 Å². The third-order valence-corrected chi connectivity index (χ3v) is 5.39. The van der Waals surface area contributed by atoms with Crippen LogP contribution in [0.3, 0.4) is 0 Å². The molecule has 0 saturated heterocycles. The van der Waals surface area contributed by atoms with Crippen LogP contribution >= 0.6 is 0 Å². The van der Waals surface area contributed by atoms with Crippen LogP contribution in [-0.2, 0) is 39.7 Å². The molecular weight excluding hydrogens is 611 g/mol. The van der Waals surface area contributed by atoms with E-state index in [1.165, 1.54) is 64.2 Å². The Morgan fingerprint density at radius 3 is 0.976 bits per heavy atom. The van der Waals surface area contributed by atoms with Crippen LogP contribution in [0.15, 0.2) is 0 Å². The van der Waals surface area contributed by atoms with Crippen molar-refractivity contribution < 1.29 is 64.2 Å². The monoisotopic (exact) mass is 667 g/mol. The van der Waals surface area contributed by atoms with Crippen molar-refractivity contribution in [3.63, 3.8) is 0 Å². The zero-order chi connectivity index (χ0) is 31.9. The molecule has 0 aliphatic carbocycles. The summed E-state index contributed by atoms with van der Waals surface area (Å²) in [7, 11) is -9.33. The molecule has 42 heavy (non-hydrogen) atoms. The fourth-order valence-corrected chi connectivity index (χ4v) is 3.50. The molecule has 0 rings (SSSR count). The minimum Gasteiger partial charge on any atom is -0.394 e. The van der Waals surface area contributed by atoms with Gasteiger partial charge in [0.25, 0.3) is 0 Å². The summed E-state index contributed by atoms with van der Waals surface area (Å²) >= 11 is 0. The number of ether oxygens (including phenoxy) is 4. The van der Waals surface area contributed by atoms with Crippen LogP contribution in [0.25, 0.3) is 0 Å². The average molecular weight is 668 g/mol. The van der Waals surface area contributed by atoms with E-state index in [-0.39, 0.29) is 56.0 Å². The normalized spacial score (nSPS) is 11.6. The molecule has 17 heteroatoms. The molecule has 0 amide bonds. The Labute approximate surface area is 275 Å². The van der Waals surface area contributed by atoms with E-state index in [0.29, 0.717) is 26.4 Å². The second-order valence-electron chi connectivity index (χ2n) is 9.59. The molecule has 14 nitrogen and oxygen atoms in total. The fourth-order valence-electron chi connectivity index (χ4n) is 3.50. The summed E-state index contributed by atoms with van der Waals surface area (Å²) in [5, 5.41) is 18.2. The molecule has 0 aliphatic rings. The van der Waals surface area contributed by atoms with Gasteiger partial charge in [0, 0.05) is 42.8 Å². The third kappa shape index (κ3) is 53.1. The van der Waals surface area contributed by atoms with Crippen LogP contribution in [-0.4, -0.2) is 141 Å². The van der Waals surface area contributed by atoms with E-state index in [1.54, 1.807) is 0 Å². The fraction of sp³-hybridized carbons (Fsp3) is 1.00. The van der Waals surface area contributed by atoms with Gasteiger partial charge in [-0.25, -0.2) is 0 Å². The van der Waals surface area contributed by atoms with Crippen LogP contribution in [0.2, 0.25) is 0 Å². The Morgan fingerprint density at radius 1 is 0.476 bits per heavy atom. The maximum Gasteiger partial charge on any atom is 0.394 e. The Balaban J connectivity index is -0.000000559. The van der Waals surface area contributed by atoms with Gasteiger partial charge in [-0.15, -0.1) is 0 Å². The number of aliphatic hydroxyl groups is 2. The summed E-state index contributed by atoms with van der Waals surface area (Å²) < 4.78 is 86.6. The molecule has 0 heterocycles. The SMILES string of the molecule is CCCCCCCCOCC(COCCO)(COCCO)COCCCCCCCC.O=S(=O)(O)O.O=S(=O)(O)O.[Na]. The van der Waals surface area contributed by atoms with E-state index in [1.807, 2.05) is 0 Å². The van der Waals surface area contributed by atoms with Crippen molar-refractivity contribution in [1.29, 1.82) is 0 Å². The van der Waals surface area contributed by atoms with E-state index in [9.17, 15) is 0 Å². The van der Waals surface area contributed by atoms with Crippen LogP contribution in [0.1, 0.15) is 90.9 Å². The quantitative estimate of drug-likeness (QED) is 0.0443. The minimum atomic E-state index is -4.67. The summed E-state index contributed by atoms with van der Waals surface area (Å²) in [6, 6.07) is 0. The standard InChI is InChI=1S/C25H52O6.Na.2H2O4S/c1-3-5-7-9-11-13-17-28-21-25(23-30-19-15-26,24-31-20-16-27)22-29-18-14-12-10-8-6-4-2;;2*1-5(2,3)4/h26-27H,3-24H2,1-2H3;;2*(H2,1,2,3,4). The van der Waals surface area contributed by atoms with Gasteiger partial charge in [-0.3, -0.25) is 18.2 Å². The van der Waals surface area contributed by atoms with Gasteiger partial charge >= 0.3 is 20.8 Å². The summed E-state index contributed by atoms with van der Waals surface area (Å²) in [6.07, 6.45) is 14.8. The van der Waals surface area contributed by atoms with E-state index in [4.69, 9.17) is 64.2 Å². The maximum atomic E-state index is 9.09. The smallest absolute Gasteiger partial charge is 0.394 e. The predicted octanol–water partition coefficient (Wildman–Crippen LogP) is 3.06. The molecule has 0 aromatic heterocycles. The predicted molar refractivity (Wildman–Crippen MR) is 161 cm³/mol. The first-order valence-electron chi connectivity index (χ1n) is 14.2. The van der Waals surface area contributed by atoms with Crippen molar-refractivity contribution in [2.75, 3.05) is 66.1 Å². The second kappa shape index (κ2) is 34.4. The van der Waals surface area contributed by atoms with E-state index in [2.05, 4.69) is 13.8 Å². The van der Waals surface area contributed by atoms with Gasteiger partial charge < -0.3 is 29.2 Å². The van der Waals surface area contributed by atoms with Crippen LogP contribution in [0, 0.1) is 5.41 Å². The van der Waals surface area contributed by atoms with E-state index in [0.717, 1.165) is 26.1 Å². The number of hydrogen-bond donors (Lipinski definition) is 6. The topological polar surface area (TPSA) is 227 Å². The summed E-state index contributed by atoms with van der Waals surface area (Å²) in [6.45, 7) is 8.28. The number of hydrogen-bond acceptors (Lipinski definition) is 10. The van der Waals surface area contributed by atoms with Crippen molar-refractivity contribution in [3.8, 4) is 0 Å². The van der Waals surface area contributed by atoms with Crippen molar-refractivity contribution in [3.05, 3.63) is 0 Å². The molecule has 1 radical (unpaired) electrons. The Hall–Kier alpha value is 0.500. The molecule has 253 valence electrons. The first kappa shape index (κ1) is 49.4. The number of unbranched alkanes of at least 4 members (excludes halogenated alkanes) is 10. The Kier molecular flexibility index (Phi) is 40.4. The summed E-state index contributed by atoms with van der Waals surface area (Å²) in [4.78, 5) is 0. The molecule has 0 aromatic rings. The third-order valence-electron chi connectivity index (χ3n) is 5.39. The number of rotatable bonds is 26. The van der Waals surface area contributed by atoms with Gasteiger partial charge in [0.05, 0.1) is 58.3 Å². The molecule has 0 unspecified atom stereocenters. The van der Waals surface area contributed by atoms with Crippen molar-refractivity contribution >= 4 is 50.4 Å². The zero-order valence-electron chi connectivity index (χ0n) is 25.8. The molecule has 0 bridgehead atoms. The van der Waals surface area contributed by atoms with Crippen LogP contribution in [0.5, 0.6) is 0 Å². The summed E-state index contributed by atoms with van der Waals surface area (Å²) in [5.41, 5.74) is -0.422. The molecule has 0 fully saturated rings. The maximum absolute atomic E-state index is 9.09. The minimum absolute atomic E-state index is 0. The van der Waals surface area contributed by atoms with Gasteiger partial charge in [0.1, 0.15) is 0 Å². The van der Waals surface area contributed by atoms with Crippen LogP contribution < -0.4 is 0 Å². The van der Waals surface area contributed by atoms with Gasteiger partial charge in [-0.2, -0.15) is 16.8 Å². The van der Waals surface area contributed by atoms with Gasteiger partial charge in [0.15, 0.2) is 0 Å². The van der Waals surface area contributed by atoms with Crippen molar-refractivity contribution in [1.82, 2.24) is 0 Å². The van der Waals surface area contributed by atoms with Gasteiger partial charge in [-0.05, 0) is 12.8 Å². The zero-order valence-corrected chi connectivity index (χ0v) is 29.5. The van der Waals surface area contributed by atoms with Gasteiger partial charge in [-0.1, -0.05) is 78.1 Å². The van der Waals surface area contributed by atoms with E-state index < -0.39 is 26.2 Å². The first-order valence-corrected chi connectivity index (χ1v) is 17.0. The molecule has 0 saturated carbocycles.